The van der Waals surface area contributed by atoms with Crippen molar-refractivity contribution in [3.63, 3.8) is 0 Å². The fourth-order valence-electron chi connectivity index (χ4n) is 3.61. The van der Waals surface area contributed by atoms with Crippen LogP contribution in [0.4, 0.5) is 25.1 Å². The Kier molecular flexibility index (Phi) is 6.30. The van der Waals surface area contributed by atoms with Gasteiger partial charge >= 0.3 is 12.3 Å². The minimum atomic E-state index is -3.73. The first-order valence-electron chi connectivity index (χ1n) is 11.1. The average molecular weight is 497 g/mol. The standard InChI is InChI=1S/C26H26F2N4O4/c1-15-9-12-21(30-22(15)16-7-6-8-18(13-16)29-24(34)32(4)5)31-23(33)25(2,3)17-10-11-19-20(14-17)36-26(27,28)35-19/h6-14H,1-5H3,(H,29,34)(H,30,31,33). The number of nitrogens with one attached hydrogen (secondary N) is 2. The predicted octanol–water partition coefficient (Wildman–Crippen LogP) is 5.39. The zero-order valence-electron chi connectivity index (χ0n) is 20.5. The molecule has 2 N–H and O–H groups in total. The Hall–Kier alpha value is -4.21. The maximum Gasteiger partial charge on any atom is 0.586 e. The van der Waals surface area contributed by atoms with E-state index in [4.69, 9.17) is 0 Å². The lowest BCUT2D eigenvalue weighted by Crippen LogP contribution is -2.35. The minimum Gasteiger partial charge on any atom is -0.395 e. The number of benzene rings is 2. The average Bonchev–Trinajstić information content (AvgIpc) is 3.13. The molecule has 1 aliphatic rings. The summed E-state index contributed by atoms with van der Waals surface area (Å²) in [6, 6.07) is 14.8. The number of hydrogen-bond donors (Lipinski definition) is 2. The number of anilines is 2. The molecule has 4 rings (SSSR count). The van der Waals surface area contributed by atoms with E-state index in [1.54, 1.807) is 58.3 Å². The van der Waals surface area contributed by atoms with Crippen molar-refractivity contribution in [1.82, 2.24) is 9.88 Å². The molecule has 8 nitrogen and oxygen atoms in total. The number of carbonyl (C=O) groups is 2. The summed E-state index contributed by atoms with van der Waals surface area (Å²) in [5.74, 6) is -0.282. The van der Waals surface area contributed by atoms with Gasteiger partial charge in [0.15, 0.2) is 11.5 Å². The zero-order valence-corrected chi connectivity index (χ0v) is 20.5. The molecule has 0 aliphatic carbocycles. The van der Waals surface area contributed by atoms with Crippen molar-refractivity contribution < 1.29 is 27.8 Å². The summed E-state index contributed by atoms with van der Waals surface area (Å²) in [4.78, 5) is 31.3. The van der Waals surface area contributed by atoms with Crippen LogP contribution in [-0.4, -0.2) is 42.2 Å². The van der Waals surface area contributed by atoms with E-state index in [0.29, 0.717) is 22.8 Å². The number of hydrogen-bond acceptors (Lipinski definition) is 5. The fourth-order valence-corrected chi connectivity index (χ4v) is 3.61. The molecule has 1 aromatic heterocycles. The van der Waals surface area contributed by atoms with Crippen molar-refractivity contribution in [3.8, 4) is 22.8 Å². The predicted molar refractivity (Wildman–Crippen MR) is 131 cm³/mol. The van der Waals surface area contributed by atoms with Crippen LogP contribution < -0.4 is 20.1 Å². The quantitative estimate of drug-likeness (QED) is 0.494. The zero-order chi connectivity index (χ0) is 26.3. The third-order valence-electron chi connectivity index (χ3n) is 5.82. The van der Waals surface area contributed by atoms with Gasteiger partial charge in [-0.05, 0) is 62.2 Å². The van der Waals surface area contributed by atoms with Crippen molar-refractivity contribution in [2.45, 2.75) is 32.5 Å². The molecule has 36 heavy (non-hydrogen) atoms. The van der Waals surface area contributed by atoms with E-state index in [1.165, 1.54) is 17.0 Å². The van der Waals surface area contributed by atoms with Gasteiger partial charge in [0.25, 0.3) is 0 Å². The van der Waals surface area contributed by atoms with Crippen LogP contribution in [0, 0.1) is 6.92 Å². The van der Waals surface area contributed by atoms with E-state index < -0.39 is 11.7 Å². The van der Waals surface area contributed by atoms with Gasteiger partial charge in [0, 0.05) is 25.3 Å². The van der Waals surface area contributed by atoms with Gasteiger partial charge in [-0.1, -0.05) is 24.3 Å². The van der Waals surface area contributed by atoms with Crippen LogP contribution in [0.2, 0.25) is 0 Å². The highest BCUT2D eigenvalue weighted by Crippen LogP contribution is 2.43. The highest BCUT2D eigenvalue weighted by atomic mass is 19.3. The Morgan fingerprint density at radius 1 is 0.972 bits per heavy atom. The number of nitrogens with zero attached hydrogens (tertiary/aromatic N) is 2. The summed E-state index contributed by atoms with van der Waals surface area (Å²) >= 11 is 0. The molecule has 0 saturated heterocycles. The molecular weight excluding hydrogens is 470 g/mol. The van der Waals surface area contributed by atoms with Gasteiger partial charge in [0.05, 0.1) is 11.1 Å². The van der Waals surface area contributed by atoms with E-state index >= 15 is 0 Å². The number of amides is 3. The second kappa shape index (κ2) is 9.10. The summed E-state index contributed by atoms with van der Waals surface area (Å²) in [6.07, 6.45) is -3.73. The number of fused-ring (bicyclic) bond motifs is 1. The van der Waals surface area contributed by atoms with Crippen LogP contribution in [0.15, 0.2) is 54.6 Å². The monoisotopic (exact) mass is 496 g/mol. The van der Waals surface area contributed by atoms with Crippen LogP contribution in [-0.2, 0) is 10.2 Å². The number of aromatic nitrogens is 1. The molecule has 0 spiro atoms. The first-order valence-corrected chi connectivity index (χ1v) is 11.1. The maximum absolute atomic E-state index is 13.4. The maximum atomic E-state index is 13.4. The Balaban J connectivity index is 1.56. The Labute approximate surface area is 207 Å². The molecule has 3 amide bonds. The molecule has 188 valence electrons. The molecule has 10 heteroatoms. The van der Waals surface area contributed by atoms with Gasteiger partial charge in [-0.25, -0.2) is 9.78 Å². The summed E-state index contributed by atoms with van der Waals surface area (Å²) in [7, 11) is 3.30. The van der Waals surface area contributed by atoms with Crippen molar-refractivity contribution in [3.05, 3.63) is 65.7 Å². The summed E-state index contributed by atoms with van der Waals surface area (Å²) in [6.45, 7) is 5.24. The summed E-state index contributed by atoms with van der Waals surface area (Å²) in [5.41, 5.74) is 2.25. The second-order valence-corrected chi connectivity index (χ2v) is 9.18. The third kappa shape index (κ3) is 5.07. The van der Waals surface area contributed by atoms with Crippen LogP contribution in [0.25, 0.3) is 11.3 Å². The summed E-state index contributed by atoms with van der Waals surface area (Å²) < 4.78 is 35.7. The van der Waals surface area contributed by atoms with Crippen molar-refractivity contribution >= 4 is 23.4 Å². The number of pyridine rings is 1. The minimum absolute atomic E-state index is 0.0891. The van der Waals surface area contributed by atoms with E-state index in [2.05, 4.69) is 25.1 Å². The first kappa shape index (κ1) is 24.9. The van der Waals surface area contributed by atoms with Crippen molar-refractivity contribution in [2.24, 2.45) is 0 Å². The van der Waals surface area contributed by atoms with Crippen LogP contribution in [0.1, 0.15) is 25.0 Å². The molecule has 0 fully saturated rings. The van der Waals surface area contributed by atoms with Gasteiger partial charge in [0.1, 0.15) is 5.82 Å². The van der Waals surface area contributed by atoms with E-state index in [9.17, 15) is 18.4 Å². The lowest BCUT2D eigenvalue weighted by atomic mass is 9.83. The molecule has 0 atom stereocenters. The van der Waals surface area contributed by atoms with Gasteiger partial charge in [-0.15, -0.1) is 8.78 Å². The number of carbonyl (C=O) groups excluding carboxylic acids is 2. The number of ether oxygens (including phenoxy) is 2. The van der Waals surface area contributed by atoms with Crippen molar-refractivity contribution in [2.75, 3.05) is 24.7 Å². The lowest BCUT2D eigenvalue weighted by Gasteiger charge is -2.24. The molecule has 0 radical (unpaired) electrons. The number of urea groups is 1. The molecule has 2 aromatic carbocycles. The van der Waals surface area contributed by atoms with E-state index in [1.807, 2.05) is 19.1 Å². The van der Waals surface area contributed by atoms with Crippen LogP contribution in [0.3, 0.4) is 0 Å². The molecule has 0 bridgehead atoms. The van der Waals surface area contributed by atoms with Crippen molar-refractivity contribution in [1.29, 1.82) is 0 Å². The number of rotatable bonds is 5. The SMILES string of the molecule is Cc1ccc(NC(=O)C(C)(C)c2ccc3c(c2)OC(F)(F)O3)nc1-c1cccc(NC(=O)N(C)C)c1. The number of alkyl halides is 2. The third-order valence-corrected chi connectivity index (χ3v) is 5.82. The van der Waals surface area contributed by atoms with Gasteiger partial charge < -0.3 is 25.0 Å². The van der Waals surface area contributed by atoms with Gasteiger partial charge in [0.2, 0.25) is 5.91 Å². The van der Waals surface area contributed by atoms with Gasteiger partial charge in [-0.2, -0.15) is 0 Å². The molecule has 0 unspecified atom stereocenters. The Morgan fingerprint density at radius 2 is 1.69 bits per heavy atom. The lowest BCUT2D eigenvalue weighted by molar-refractivity contribution is -0.286. The normalized spacial score (nSPS) is 13.8. The summed E-state index contributed by atoms with van der Waals surface area (Å²) in [5, 5.41) is 5.62. The molecular formula is C26H26F2N4O4. The molecule has 1 aliphatic heterocycles. The van der Waals surface area contributed by atoms with Crippen LogP contribution >= 0.6 is 0 Å². The highest BCUT2D eigenvalue weighted by Gasteiger charge is 2.44. The fraction of sp³-hybridized carbons (Fsp3) is 0.269. The Morgan fingerprint density at radius 3 is 2.42 bits per heavy atom. The topological polar surface area (TPSA) is 92.8 Å². The largest absolute Gasteiger partial charge is 0.586 e. The number of halogens is 2. The molecule has 0 saturated carbocycles. The van der Waals surface area contributed by atoms with E-state index in [0.717, 1.165) is 11.1 Å². The van der Waals surface area contributed by atoms with E-state index in [-0.39, 0.29) is 23.4 Å². The Bertz CT molecular complexity index is 1340. The second-order valence-electron chi connectivity index (χ2n) is 9.18. The smallest absolute Gasteiger partial charge is 0.395 e. The number of aryl methyl sites for hydroxylation is 1. The first-order chi connectivity index (χ1) is 16.9. The van der Waals surface area contributed by atoms with Crippen LogP contribution in [0.5, 0.6) is 11.5 Å². The van der Waals surface area contributed by atoms with Gasteiger partial charge in [-0.3, -0.25) is 4.79 Å². The molecule has 2 heterocycles. The molecule has 3 aromatic rings. The highest BCUT2D eigenvalue weighted by molar-refractivity contribution is 5.98.